The minimum atomic E-state index is -0.484. The van der Waals surface area contributed by atoms with Gasteiger partial charge in [-0.2, -0.15) is 0 Å². The van der Waals surface area contributed by atoms with Gasteiger partial charge in [-0.3, -0.25) is 38.4 Å². The normalized spacial score (nSPS) is 19.7. The van der Waals surface area contributed by atoms with Gasteiger partial charge in [0.05, 0.1) is 12.7 Å². The maximum atomic E-state index is 12.2. The molecule has 0 aromatic rings. The number of rotatable bonds is 43. The monoisotopic (exact) mass is 1560 g/mol. The molecule has 628 valence electrons. The number of cyclic esters (lactones) is 5. The maximum Gasteiger partial charge on any atom is 0.341 e. The van der Waals surface area contributed by atoms with Crippen molar-refractivity contribution in [3.63, 3.8) is 0 Å². The van der Waals surface area contributed by atoms with Crippen LogP contribution in [0.4, 0.5) is 0 Å². The number of unbranched alkanes of at least 4 members (excludes halogenated alkanes) is 23. The summed E-state index contributed by atoms with van der Waals surface area (Å²) >= 11 is 0. The first kappa shape index (κ1) is 102. The molecule has 0 fully saturated rings. The SMILES string of the molecule is CCCC(=O)C1=C(C)C[C@H](C)NC1=O.CCCC(=O)C1=C(C)C[C@H](C)OC1=O.CCCCCCCC(=O)C1=C(C)C[C@H](C)OC1=O.CCCCCCCCCCCC(=O)C1=C(C)C[C@@H](C)OC1=O.CCCCCCCCCCCC(=O)C1=C(C)C[C@H](C)OC1=O.COC(=O)CCCCCCC(=O)C1=C(C)C[C@H](C)OC1=O. The minimum Gasteiger partial charge on any atom is -0.469 e. The van der Waals surface area contributed by atoms with Gasteiger partial charge in [0.1, 0.15) is 58.4 Å². The van der Waals surface area contributed by atoms with E-state index in [1.165, 1.54) is 116 Å². The Labute approximate surface area is 667 Å². The fraction of sp³-hybridized carbons (Fsp3) is 0.725. The van der Waals surface area contributed by atoms with Crippen LogP contribution in [0, 0.1) is 0 Å². The predicted molar refractivity (Wildman–Crippen MR) is 436 cm³/mol. The van der Waals surface area contributed by atoms with E-state index in [4.69, 9.17) is 23.7 Å². The lowest BCUT2D eigenvalue weighted by molar-refractivity contribution is -0.147. The number of carbonyl (C=O) groups is 13. The molecule has 0 aromatic carbocycles. The molecule has 111 heavy (non-hydrogen) atoms. The van der Waals surface area contributed by atoms with Gasteiger partial charge in [-0.1, -0.05) is 209 Å². The highest BCUT2D eigenvalue weighted by Gasteiger charge is 2.34. The first-order valence-corrected chi connectivity index (χ1v) is 42.5. The Balaban J connectivity index is 0.000000672. The smallest absolute Gasteiger partial charge is 0.341 e. The molecule has 20 heteroatoms. The first-order valence-electron chi connectivity index (χ1n) is 42.5. The molecule has 6 aliphatic rings. The predicted octanol–water partition coefficient (Wildman–Crippen LogP) is 20.1. The molecule has 6 heterocycles. The van der Waals surface area contributed by atoms with Gasteiger partial charge in [-0.15, -0.1) is 0 Å². The zero-order valence-corrected chi connectivity index (χ0v) is 71.9. The summed E-state index contributed by atoms with van der Waals surface area (Å²) in [4.78, 5) is 153. The summed E-state index contributed by atoms with van der Waals surface area (Å²) in [6.45, 7) is 32.8. The molecule has 0 aliphatic carbocycles. The lowest BCUT2D eigenvalue weighted by Crippen LogP contribution is -2.40. The third-order valence-corrected chi connectivity index (χ3v) is 20.2. The number of hydrogen-bond acceptors (Lipinski definition) is 19. The van der Waals surface area contributed by atoms with Gasteiger partial charge >= 0.3 is 35.8 Å². The van der Waals surface area contributed by atoms with E-state index in [1.54, 1.807) is 0 Å². The van der Waals surface area contributed by atoms with E-state index in [-0.39, 0.29) is 94.3 Å². The van der Waals surface area contributed by atoms with Crippen LogP contribution in [0.5, 0.6) is 0 Å². The topological polar surface area (TPSA) is 289 Å². The molecule has 6 atom stereocenters. The van der Waals surface area contributed by atoms with Gasteiger partial charge in [-0.25, -0.2) is 24.0 Å². The fourth-order valence-corrected chi connectivity index (χ4v) is 14.5. The number of ketones is 6. The molecule has 0 bridgehead atoms. The van der Waals surface area contributed by atoms with Crippen LogP contribution >= 0.6 is 0 Å². The van der Waals surface area contributed by atoms with Crippen molar-refractivity contribution in [1.82, 2.24) is 5.32 Å². The van der Waals surface area contributed by atoms with E-state index in [0.29, 0.717) is 99.3 Å². The van der Waals surface area contributed by atoms with Gasteiger partial charge in [0.2, 0.25) is 0 Å². The fourth-order valence-electron chi connectivity index (χ4n) is 14.5. The molecule has 0 aromatic heterocycles. The molecular formula is C91H145NO19. The molecule has 6 aliphatic heterocycles. The van der Waals surface area contributed by atoms with Crippen LogP contribution in [-0.4, -0.2) is 120 Å². The number of ether oxygens (including phenoxy) is 6. The lowest BCUT2D eigenvalue weighted by atomic mass is 9.93. The number of carbonyl (C=O) groups excluding carboxylic acids is 13. The van der Waals surface area contributed by atoms with Crippen molar-refractivity contribution in [2.45, 2.75) is 424 Å². The Morgan fingerprint density at radius 2 is 0.477 bits per heavy atom. The van der Waals surface area contributed by atoms with Gasteiger partial charge < -0.3 is 33.7 Å². The van der Waals surface area contributed by atoms with E-state index >= 15 is 0 Å². The number of nitrogens with one attached hydrogen (secondary N) is 1. The van der Waals surface area contributed by atoms with E-state index < -0.39 is 29.8 Å². The van der Waals surface area contributed by atoms with Crippen LogP contribution in [0.3, 0.4) is 0 Å². The van der Waals surface area contributed by atoms with Crippen LogP contribution in [-0.2, 0) is 90.8 Å². The second kappa shape index (κ2) is 58.6. The number of esters is 6. The van der Waals surface area contributed by atoms with Crippen molar-refractivity contribution in [3.8, 4) is 0 Å². The molecular weight excluding hydrogens is 1410 g/mol. The molecule has 0 saturated heterocycles. The summed E-state index contributed by atoms with van der Waals surface area (Å²) in [6.07, 6.45) is 39.1. The summed E-state index contributed by atoms with van der Waals surface area (Å²) in [5, 5.41) is 2.78. The lowest BCUT2D eigenvalue weighted by Gasteiger charge is -2.22. The molecule has 1 amide bonds. The zero-order chi connectivity index (χ0) is 83.5. The summed E-state index contributed by atoms with van der Waals surface area (Å²) < 4.78 is 30.1. The Hall–Kier alpha value is -7.25. The van der Waals surface area contributed by atoms with Gasteiger partial charge in [-0.05, 0) is 134 Å². The van der Waals surface area contributed by atoms with E-state index in [1.807, 2.05) is 96.9 Å². The minimum absolute atomic E-state index is 0.0191. The molecule has 0 unspecified atom stereocenters. The van der Waals surface area contributed by atoms with Crippen molar-refractivity contribution >= 4 is 76.4 Å². The number of amides is 1. The van der Waals surface area contributed by atoms with Crippen molar-refractivity contribution in [1.29, 1.82) is 0 Å². The third kappa shape index (κ3) is 41.4. The molecule has 6 rings (SSSR count). The number of Topliss-reactive ketones (excluding diaryl/α,β-unsaturated/α-hetero) is 6. The third-order valence-electron chi connectivity index (χ3n) is 20.2. The van der Waals surface area contributed by atoms with E-state index in [0.717, 1.165) is 117 Å². The molecule has 1 N–H and O–H groups in total. The van der Waals surface area contributed by atoms with E-state index in [9.17, 15) is 62.3 Å². The summed E-state index contributed by atoms with van der Waals surface area (Å²) in [6, 6.07) is 0.153. The quantitative estimate of drug-likeness (QED) is 0.0257. The van der Waals surface area contributed by atoms with Crippen LogP contribution in [0.2, 0.25) is 0 Å². The maximum absolute atomic E-state index is 12.2. The van der Waals surface area contributed by atoms with Gasteiger partial charge in [0.25, 0.3) is 5.91 Å². The summed E-state index contributed by atoms with van der Waals surface area (Å²) in [5.74, 6) is -2.92. The van der Waals surface area contributed by atoms with Crippen LogP contribution < -0.4 is 5.32 Å². The Bertz CT molecular complexity index is 3100. The second-order valence-electron chi connectivity index (χ2n) is 31.5. The molecule has 0 radical (unpaired) electrons. The number of methoxy groups -OCH3 is 1. The standard InChI is InChI=1S/2C19H32O3.C16H24O5.C15H24O3.C11H17NO2.C11H16O3/c2*1-4-5-6-7-8-9-10-11-12-13-17(20)18-15(2)14-16(3)22-19(18)21;1-11-10-12(2)21-16(19)15(11)13(17)8-6-4-5-7-9-14(18)20-3;1-4-5-6-7-8-9-13(16)14-11(2)10-12(3)18-15(14)17;1-4-5-9(13)10-7(2)6-8(3)12-11(10)14;1-4-5-9(12)10-7(2)6-8(3)14-11(10)13/h2*16H,4-14H2,1-3H3;12H,4-10H2,1-3H3;12H,4-10H2,1-3H3;8H,4-6H2,1-3H3,(H,12,14);8H,4-6H2,1-3H3/t2*16-;2*12-;2*8-/m100000/s1. The molecule has 0 spiro atoms. The first-order chi connectivity index (χ1) is 52.7. The zero-order valence-electron chi connectivity index (χ0n) is 71.9. The van der Waals surface area contributed by atoms with Gasteiger partial charge in [0.15, 0.2) is 34.7 Å². The second-order valence-corrected chi connectivity index (χ2v) is 31.5. The number of hydrogen-bond donors (Lipinski definition) is 1. The van der Waals surface area contributed by atoms with Crippen molar-refractivity contribution in [3.05, 3.63) is 66.9 Å². The Morgan fingerprint density at radius 3 is 0.685 bits per heavy atom. The van der Waals surface area contributed by atoms with Gasteiger partial charge in [0, 0.05) is 83.1 Å². The Kier molecular flexibility index (Phi) is 53.7. The van der Waals surface area contributed by atoms with Crippen LogP contribution in [0.25, 0.3) is 0 Å². The molecule has 20 nitrogen and oxygen atoms in total. The Morgan fingerprint density at radius 1 is 0.279 bits per heavy atom. The summed E-state index contributed by atoms with van der Waals surface area (Å²) in [7, 11) is 1.38. The highest BCUT2D eigenvalue weighted by atomic mass is 16.6. The molecule has 0 saturated carbocycles. The van der Waals surface area contributed by atoms with E-state index in [2.05, 4.69) is 30.8 Å². The average Bonchev–Trinajstić information content (AvgIpc) is 0.876. The average molecular weight is 1560 g/mol. The summed E-state index contributed by atoms with van der Waals surface area (Å²) in [5.41, 5.74) is 7.16. The highest BCUT2D eigenvalue weighted by molar-refractivity contribution is 6.22. The van der Waals surface area contributed by atoms with Crippen molar-refractivity contribution in [2.75, 3.05) is 7.11 Å². The van der Waals surface area contributed by atoms with Crippen LogP contribution in [0.15, 0.2) is 66.9 Å². The van der Waals surface area contributed by atoms with Crippen molar-refractivity contribution < 1.29 is 90.8 Å². The van der Waals surface area contributed by atoms with Crippen LogP contribution in [0.1, 0.15) is 387 Å². The van der Waals surface area contributed by atoms with Crippen molar-refractivity contribution in [2.24, 2.45) is 0 Å². The largest absolute Gasteiger partial charge is 0.469 e. The highest BCUT2D eigenvalue weighted by Crippen LogP contribution is 2.29.